The number of rotatable bonds is 2. The van der Waals surface area contributed by atoms with Gasteiger partial charge in [-0.2, -0.15) is 0 Å². The summed E-state index contributed by atoms with van der Waals surface area (Å²) in [4.78, 5) is 10.9. The Morgan fingerprint density at radius 3 is 2.29 bits per heavy atom. The molecule has 1 aromatic carbocycles. The predicted octanol–water partition coefficient (Wildman–Crippen LogP) is 3.28. The molecule has 0 amide bonds. The quantitative estimate of drug-likeness (QED) is 0.850. The van der Waals surface area contributed by atoms with E-state index < -0.39 is 0 Å². The van der Waals surface area contributed by atoms with Gasteiger partial charge in [-0.3, -0.25) is 0 Å². The number of nitrogens with zero attached hydrogens (tertiary/aromatic N) is 3. The van der Waals surface area contributed by atoms with Gasteiger partial charge < -0.3 is 4.90 Å². The highest BCUT2D eigenvalue weighted by molar-refractivity contribution is 9.10. The Balaban J connectivity index is 2.61. The Kier molecular flexibility index (Phi) is 3.43. The topological polar surface area (TPSA) is 29.0 Å². The molecule has 0 saturated heterocycles. The zero-order valence-corrected chi connectivity index (χ0v) is 11.7. The van der Waals surface area contributed by atoms with E-state index in [0.717, 1.165) is 27.4 Å². The van der Waals surface area contributed by atoms with Crippen LogP contribution in [0.25, 0.3) is 11.3 Å². The van der Waals surface area contributed by atoms with E-state index in [1.165, 1.54) is 0 Å². The summed E-state index contributed by atoms with van der Waals surface area (Å²) in [5.74, 6) is 0.726. The van der Waals surface area contributed by atoms with E-state index in [9.17, 15) is 0 Å². The molecule has 0 fully saturated rings. The summed E-state index contributed by atoms with van der Waals surface area (Å²) in [5, 5.41) is 0. The number of aryl methyl sites for hydroxylation is 1. The van der Waals surface area contributed by atoms with E-state index in [4.69, 9.17) is 0 Å². The Labute approximate surface area is 110 Å². The minimum atomic E-state index is 0.726. The summed E-state index contributed by atoms with van der Waals surface area (Å²) in [6.07, 6.45) is 0. The van der Waals surface area contributed by atoms with Crippen molar-refractivity contribution in [1.82, 2.24) is 9.97 Å². The zero-order chi connectivity index (χ0) is 12.4. The van der Waals surface area contributed by atoms with E-state index in [1.54, 1.807) is 0 Å². The van der Waals surface area contributed by atoms with Crippen molar-refractivity contribution >= 4 is 21.9 Å². The van der Waals surface area contributed by atoms with Crippen molar-refractivity contribution in [3.8, 4) is 11.3 Å². The normalized spacial score (nSPS) is 10.4. The molecule has 0 bridgehead atoms. The summed E-state index contributed by atoms with van der Waals surface area (Å²) >= 11 is 3.56. The SMILES string of the molecule is Cc1nc(N(C)C)nc(-c2ccccc2)c1Br. The summed E-state index contributed by atoms with van der Waals surface area (Å²) in [5.41, 5.74) is 2.97. The zero-order valence-electron chi connectivity index (χ0n) is 10.1. The van der Waals surface area contributed by atoms with E-state index in [2.05, 4.69) is 25.9 Å². The van der Waals surface area contributed by atoms with Gasteiger partial charge >= 0.3 is 0 Å². The van der Waals surface area contributed by atoms with Crippen LogP contribution in [-0.2, 0) is 0 Å². The standard InChI is InChI=1S/C13H14BrN3/c1-9-11(14)12(10-7-5-4-6-8-10)16-13(15-9)17(2)3/h4-8H,1-3H3. The minimum absolute atomic E-state index is 0.726. The molecule has 3 nitrogen and oxygen atoms in total. The van der Waals surface area contributed by atoms with Crippen molar-refractivity contribution < 1.29 is 0 Å². The van der Waals surface area contributed by atoms with E-state index in [-0.39, 0.29) is 0 Å². The fourth-order valence-electron chi connectivity index (χ4n) is 1.53. The fourth-order valence-corrected chi connectivity index (χ4v) is 1.94. The third-order valence-electron chi connectivity index (χ3n) is 2.45. The lowest BCUT2D eigenvalue weighted by Crippen LogP contribution is -2.14. The van der Waals surface area contributed by atoms with Crippen LogP contribution in [-0.4, -0.2) is 24.1 Å². The third-order valence-corrected chi connectivity index (χ3v) is 3.40. The number of halogens is 1. The Hall–Kier alpha value is -1.42. The van der Waals surface area contributed by atoms with Crippen molar-refractivity contribution in [1.29, 1.82) is 0 Å². The Morgan fingerprint density at radius 1 is 1.06 bits per heavy atom. The van der Waals surface area contributed by atoms with Crippen LogP contribution >= 0.6 is 15.9 Å². The molecule has 2 rings (SSSR count). The second-order valence-electron chi connectivity index (χ2n) is 4.03. The number of hydrogen-bond acceptors (Lipinski definition) is 3. The van der Waals surface area contributed by atoms with Crippen LogP contribution in [0, 0.1) is 6.92 Å². The summed E-state index contributed by atoms with van der Waals surface area (Å²) in [6, 6.07) is 10.1. The van der Waals surface area contributed by atoms with Crippen LogP contribution in [0.3, 0.4) is 0 Å². The molecule has 0 unspecified atom stereocenters. The van der Waals surface area contributed by atoms with Crippen molar-refractivity contribution in [2.45, 2.75) is 6.92 Å². The molecular formula is C13H14BrN3. The maximum absolute atomic E-state index is 4.57. The van der Waals surface area contributed by atoms with Crippen molar-refractivity contribution in [2.75, 3.05) is 19.0 Å². The lowest BCUT2D eigenvalue weighted by Gasteiger charge is -2.14. The lowest BCUT2D eigenvalue weighted by atomic mass is 10.1. The molecule has 0 spiro atoms. The van der Waals surface area contributed by atoms with Gasteiger partial charge in [-0.05, 0) is 22.9 Å². The molecule has 0 aliphatic carbocycles. The maximum atomic E-state index is 4.57. The molecular weight excluding hydrogens is 278 g/mol. The van der Waals surface area contributed by atoms with Crippen LogP contribution in [0.2, 0.25) is 0 Å². The predicted molar refractivity (Wildman–Crippen MR) is 74.2 cm³/mol. The lowest BCUT2D eigenvalue weighted by molar-refractivity contribution is 0.974. The average Bonchev–Trinajstić information content (AvgIpc) is 2.33. The maximum Gasteiger partial charge on any atom is 0.225 e. The van der Waals surface area contributed by atoms with Crippen molar-refractivity contribution in [2.24, 2.45) is 0 Å². The molecule has 88 valence electrons. The van der Waals surface area contributed by atoms with Gasteiger partial charge in [0.05, 0.1) is 15.9 Å². The Bertz CT molecular complexity index is 524. The molecule has 0 aliphatic heterocycles. The van der Waals surface area contributed by atoms with Gasteiger partial charge in [0.15, 0.2) is 0 Å². The van der Waals surface area contributed by atoms with Crippen molar-refractivity contribution in [3.05, 3.63) is 40.5 Å². The number of hydrogen-bond donors (Lipinski definition) is 0. The molecule has 0 saturated carbocycles. The van der Waals surface area contributed by atoms with Crippen LogP contribution in [0.4, 0.5) is 5.95 Å². The first-order valence-electron chi connectivity index (χ1n) is 5.36. The van der Waals surface area contributed by atoms with Crippen LogP contribution in [0.5, 0.6) is 0 Å². The molecule has 2 aromatic rings. The number of anilines is 1. The number of aromatic nitrogens is 2. The third kappa shape index (κ3) is 2.47. The molecule has 0 N–H and O–H groups in total. The van der Waals surface area contributed by atoms with Crippen LogP contribution < -0.4 is 4.90 Å². The minimum Gasteiger partial charge on any atom is -0.347 e. The molecule has 0 radical (unpaired) electrons. The average molecular weight is 292 g/mol. The smallest absolute Gasteiger partial charge is 0.225 e. The first kappa shape index (κ1) is 12.0. The largest absolute Gasteiger partial charge is 0.347 e. The van der Waals surface area contributed by atoms with Crippen LogP contribution in [0.1, 0.15) is 5.69 Å². The number of benzene rings is 1. The van der Waals surface area contributed by atoms with Gasteiger partial charge in [0.1, 0.15) is 0 Å². The molecule has 1 heterocycles. The van der Waals surface area contributed by atoms with Crippen LogP contribution in [0.15, 0.2) is 34.8 Å². The summed E-state index contributed by atoms with van der Waals surface area (Å²) in [6.45, 7) is 1.98. The monoisotopic (exact) mass is 291 g/mol. The molecule has 17 heavy (non-hydrogen) atoms. The Morgan fingerprint density at radius 2 is 1.71 bits per heavy atom. The first-order chi connectivity index (χ1) is 8.09. The van der Waals surface area contributed by atoms with Crippen molar-refractivity contribution in [3.63, 3.8) is 0 Å². The molecule has 0 aliphatic rings. The second-order valence-corrected chi connectivity index (χ2v) is 4.83. The highest BCUT2D eigenvalue weighted by Crippen LogP contribution is 2.29. The molecule has 1 aromatic heterocycles. The second kappa shape index (κ2) is 4.84. The highest BCUT2D eigenvalue weighted by Gasteiger charge is 2.11. The van der Waals surface area contributed by atoms with Gasteiger partial charge in [0, 0.05) is 19.7 Å². The molecule has 4 heteroatoms. The van der Waals surface area contributed by atoms with Gasteiger partial charge in [-0.25, -0.2) is 9.97 Å². The summed E-state index contributed by atoms with van der Waals surface area (Å²) in [7, 11) is 3.88. The first-order valence-corrected chi connectivity index (χ1v) is 6.16. The van der Waals surface area contributed by atoms with E-state index in [1.807, 2.05) is 56.3 Å². The van der Waals surface area contributed by atoms with Gasteiger partial charge in [-0.1, -0.05) is 30.3 Å². The summed E-state index contributed by atoms with van der Waals surface area (Å²) < 4.78 is 0.953. The van der Waals surface area contributed by atoms with E-state index >= 15 is 0 Å². The fraction of sp³-hybridized carbons (Fsp3) is 0.231. The van der Waals surface area contributed by atoms with E-state index in [0.29, 0.717) is 0 Å². The molecule has 0 atom stereocenters. The van der Waals surface area contributed by atoms with Gasteiger partial charge in [0.2, 0.25) is 5.95 Å². The highest BCUT2D eigenvalue weighted by atomic mass is 79.9. The van der Waals surface area contributed by atoms with Gasteiger partial charge in [0.25, 0.3) is 0 Å². The van der Waals surface area contributed by atoms with Gasteiger partial charge in [-0.15, -0.1) is 0 Å².